The fraction of sp³-hybridized carbons (Fsp3) is 0.800. The quantitative estimate of drug-likeness (QED) is 0.602. The molecular formula is C10H18N2O4. The summed E-state index contributed by atoms with van der Waals surface area (Å²) in [6.45, 7) is 4.33. The first kappa shape index (κ1) is 12.9. The fourth-order valence-electron chi connectivity index (χ4n) is 1.65. The van der Waals surface area contributed by atoms with Gasteiger partial charge in [0.1, 0.15) is 0 Å². The molecule has 1 saturated heterocycles. The molecule has 16 heavy (non-hydrogen) atoms. The third-order valence-electron chi connectivity index (χ3n) is 3.03. The third-order valence-corrected chi connectivity index (χ3v) is 3.03. The molecule has 0 radical (unpaired) electrons. The largest absolute Gasteiger partial charge is 0.481 e. The van der Waals surface area contributed by atoms with Crippen molar-refractivity contribution in [2.75, 3.05) is 6.61 Å². The standard InChI is InChI=1S/C10H18N2O4/c1-6-10(2,3-4-16-6)12-9(15)7(11)5-8(13)14/h6-7H,3-5,11H2,1-2H3,(H,12,15)(H,13,14). The van der Waals surface area contributed by atoms with Gasteiger partial charge < -0.3 is 20.9 Å². The van der Waals surface area contributed by atoms with Gasteiger partial charge in [-0.25, -0.2) is 0 Å². The zero-order valence-electron chi connectivity index (χ0n) is 9.53. The summed E-state index contributed by atoms with van der Waals surface area (Å²) in [5, 5.41) is 11.3. The van der Waals surface area contributed by atoms with Crippen LogP contribution in [0.4, 0.5) is 0 Å². The summed E-state index contributed by atoms with van der Waals surface area (Å²) < 4.78 is 5.36. The molecule has 1 fully saturated rings. The molecule has 0 saturated carbocycles. The summed E-state index contributed by atoms with van der Waals surface area (Å²) in [5.41, 5.74) is 5.02. The second-order valence-electron chi connectivity index (χ2n) is 4.37. The van der Waals surface area contributed by atoms with Gasteiger partial charge in [-0.15, -0.1) is 0 Å². The van der Waals surface area contributed by atoms with E-state index in [0.29, 0.717) is 13.0 Å². The number of ether oxygens (including phenoxy) is 1. The van der Waals surface area contributed by atoms with E-state index >= 15 is 0 Å². The van der Waals surface area contributed by atoms with Crippen molar-refractivity contribution < 1.29 is 19.4 Å². The SMILES string of the molecule is CC1OCCC1(C)NC(=O)C(N)CC(=O)O. The molecule has 6 nitrogen and oxygen atoms in total. The van der Waals surface area contributed by atoms with Crippen LogP contribution >= 0.6 is 0 Å². The number of amides is 1. The number of carboxylic acids is 1. The van der Waals surface area contributed by atoms with Gasteiger partial charge >= 0.3 is 5.97 Å². The summed E-state index contributed by atoms with van der Waals surface area (Å²) in [6, 6.07) is -1.01. The minimum atomic E-state index is -1.08. The number of aliphatic carboxylic acids is 1. The lowest BCUT2D eigenvalue weighted by atomic mass is 9.94. The highest BCUT2D eigenvalue weighted by Crippen LogP contribution is 2.25. The lowest BCUT2D eigenvalue weighted by Gasteiger charge is -2.30. The topological polar surface area (TPSA) is 102 Å². The van der Waals surface area contributed by atoms with Gasteiger partial charge in [-0.05, 0) is 20.3 Å². The number of rotatable bonds is 4. The van der Waals surface area contributed by atoms with Crippen molar-refractivity contribution in [3.63, 3.8) is 0 Å². The van der Waals surface area contributed by atoms with Gasteiger partial charge in [-0.1, -0.05) is 0 Å². The van der Waals surface area contributed by atoms with Gasteiger partial charge in [0.15, 0.2) is 0 Å². The number of carboxylic acid groups (broad SMARTS) is 1. The number of nitrogens with one attached hydrogen (secondary N) is 1. The summed E-state index contributed by atoms with van der Waals surface area (Å²) in [7, 11) is 0. The molecule has 92 valence electrons. The van der Waals surface area contributed by atoms with Gasteiger partial charge in [0.2, 0.25) is 5.91 Å². The van der Waals surface area contributed by atoms with Crippen molar-refractivity contribution in [1.82, 2.24) is 5.32 Å². The predicted molar refractivity (Wildman–Crippen MR) is 56.8 cm³/mol. The highest BCUT2D eigenvalue weighted by molar-refractivity contribution is 5.86. The number of carbonyl (C=O) groups is 2. The van der Waals surface area contributed by atoms with Crippen LogP contribution in [0.2, 0.25) is 0 Å². The Kier molecular flexibility index (Phi) is 3.88. The Morgan fingerprint density at radius 1 is 1.69 bits per heavy atom. The fourth-order valence-corrected chi connectivity index (χ4v) is 1.65. The van der Waals surface area contributed by atoms with E-state index in [9.17, 15) is 9.59 Å². The number of hydrogen-bond donors (Lipinski definition) is 3. The van der Waals surface area contributed by atoms with Crippen LogP contribution in [0.25, 0.3) is 0 Å². The molecule has 4 N–H and O–H groups in total. The Hall–Kier alpha value is -1.14. The van der Waals surface area contributed by atoms with Crippen molar-refractivity contribution >= 4 is 11.9 Å². The summed E-state index contributed by atoms with van der Waals surface area (Å²) >= 11 is 0. The second-order valence-corrected chi connectivity index (χ2v) is 4.37. The van der Waals surface area contributed by atoms with Crippen LogP contribution in [0.3, 0.4) is 0 Å². The van der Waals surface area contributed by atoms with Crippen LogP contribution in [0.5, 0.6) is 0 Å². The van der Waals surface area contributed by atoms with Crippen molar-refractivity contribution in [3.8, 4) is 0 Å². The minimum absolute atomic E-state index is 0.0894. The van der Waals surface area contributed by atoms with Gasteiger partial charge in [-0.2, -0.15) is 0 Å². The first-order valence-electron chi connectivity index (χ1n) is 5.26. The van der Waals surface area contributed by atoms with E-state index in [1.54, 1.807) is 0 Å². The van der Waals surface area contributed by atoms with Crippen LogP contribution in [0.15, 0.2) is 0 Å². The molecule has 1 aliphatic heterocycles. The molecule has 1 heterocycles. The lowest BCUT2D eigenvalue weighted by molar-refractivity contribution is -0.139. The number of nitrogens with two attached hydrogens (primary N) is 1. The van der Waals surface area contributed by atoms with E-state index in [4.69, 9.17) is 15.6 Å². The Labute approximate surface area is 94.1 Å². The monoisotopic (exact) mass is 230 g/mol. The number of hydrogen-bond acceptors (Lipinski definition) is 4. The summed E-state index contributed by atoms with van der Waals surface area (Å²) in [6.07, 6.45) is 0.255. The average molecular weight is 230 g/mol. The average Bonchev–Trinajstić information content (AvgIpc) is 2.45. The Morgan fingerprint density at radius 2 is 2.31 bits per heavy atom. The van der Waals surface area contributed by atoms with E-state index in [-0.39, 0.29) is 12.5 Å². The zero-order valence-corrected chi connectivity index (χ0v) is 9.53. The van der Waals surface area contributed by atoms with Crippen LogP contribution in [-0.4, -0.2) is 41.3 Å². The maximum Gasteiger partial charge on any atom is 0.305 e. The summed E-state index contributed by atoms with van der Waals surface area (Å²) in [4.78, 5) is 22.0. The van der Waals surface area contributed by atoms with Crippen molar-refractivity contribution in [2.24, 2.45) is 5.73 Å². The highest BCUT2D eigenvalue weighted by Gasteiger charge is 2.39. The molecular weight excluding hydrogens is 212 g/mol. The Morgan fingerprint density at radius 3 is 2.75 bits per heavy atom. The molecule has 6 heteroatoms. The zero-order chi connectivity index (χ0) is 12.3. The molecule has 0 aromatic carbocycles. The van der Waals surface area contributed by atoms with Gasteiger partial charge in [0, 0.05) is 6.61 Å². The molecule has 3 atom stereocenters. The van der Waals surface area contributed by atoms with Crippen LogP contribution in [0, 0.1) is 0 Å². The number of carbonyl (C=O) groups excluding carboxylic acids is 1. The van der Waals surface area contributed by atoms with Crippen molar-refractivity contribution in [1.29, 1.82) is 0 Å². The Balaban J connectivity index is 2.53. The van der Waals surface area contributed by atoms with Crippen LogP contribution in [0.1, 0.15) is 26.7 Å². The van der Waals surface area contributed by atoms with Gasteiger partial charge in [0.25, 0.3) is 0 Å². The molecule has 3 unspecified atom stereocenters. The van der Waals surface area contributed by atoms with Gasteiger partial charge in [0.05, 0.1) is 24.1 Å². The first-order chi connectivity index (χ1) is 7.35. The maximum atomic E-state index is 11.6. The predicted octanol–water partition coefficient (Wildman–Crippen LogP) is -0.528. The maximum absolute atomic E-state index is 11.6. The highest BCUT2D eigenvalue weighted by atomic mass is 16.5. The van der Waals surface area contributed by atoms with E-state index in [0.717, 1.165) is 0 Å². The van der Waals surface area contributed by atoms with E-state index in [1.807, 2.05) is 13.8 Å². The molecule has 1 aliphatic rings. The van der Waals surface area contributed by atoms with Crippen LogP contribution in [-0.2, 0) is 14.3 Å². The Bertz CT molecular complexity index is 295. The molecule has 0 aliphatic carbocycles. The lowest BCUT2D eigenvalue weighted by Crippen LogP contribution is -2.55. The molecule has 0 bridgehead atoms. The third kappa shape index (κ3) is 2.93. The van der Waals surface area contributed by atoms with Crippen LogP contribution < -0.4 is 11.1 Å². The molecule has 0 aromatic heterocycles. The minimum Gasteiger partial charge on any atom is -0.481 e. The smallest absolute Gasteiger partial charge is 0.305 e. The van der Waals surface area contributed by atoms with E-state index in [1.165, 1.54) is 0 Å². The molecule has 0 spiro atoms. The van der Waals surface area contributed by atoms with Gasteiger partial charge in [-0.3, -0.25) is 9.59 Å². The molecule has 0 aromatic rings. The summed E-state index contributed by atoms with van der Waals surface area (Å²) in [5.74, 6) is -1.52. The second kappa shape index (κ2) is 4.80. The molecule has 1 amide bonds. The van der Waals surface area contributed by atoms with Crippen molar-refractivity contribution in [2.45, 2.75) is 44.4 Å². The van der Waals surface area contributed by atoms with E-state index < -0.39 is 23.5 Å². The van der Waals surface area contributed by atoms with Crippen molar-refractivity contribution in [3.05, 3.63) is 0 Å². The molecule has 1 rings (SSSR count). The normalized spacial score (nSPS) is 31.1. The first-order valence-corrected chi connectivity index (χ1v) is 5.26. The van der Waals surface area contributed by atoms with E-state index in [2.05, 4.69) is 5.32 Å².